The minimum atomic E-state index is -0.511. The quantitative estimate of drug-likeness (QED) is 0.890. The van der Waals surface area contributed by atoms with Gasteiger partial charge in [0.1, 0.15) is 17.0 Å². The maximum atomic E-state index is 12.2. The van der Waals surface area contributed by atoms with Gasteiger partial charge in [-0.1, -0.05) is 11.3 Å². The lowest BCUT2D eigenvalue weighted by Crippen LogP contribution is -2.39. The molecule has 8 nitrogen and oxygen atoms in total. The summed E-state index contributed by atoms with van der Waals surface area (Å²) in [6.07, 6.45) is 3.88. The van der Waals surface area contributed by atoms with E-state index in [-0.39, 0.29) is 11.7 Å². The predicted octanol–water partition coefficient (Wildman–Crippen LogP) is 2.29. The fourth-order valence-corrected chi connectivity index (χ4v) is 2.81. The molecule has 138 valence electrons. The summed E-state index contributed by atoms with van der Waals surface area (Å²) in [6.45, 7) is 8.44. The van der Waals surface area contributed by atoms with Crippen molar-refractivity contribution in [3.05, 3.63) is 46.1 Å². The van der Waals surface area contributed by atoms with Gasteiger partial charge < -0.3 is 14.6 Å². The zero-order valence-corrected chi connectivity index (χ0v) is 15.4. The molecule has 0 unspecified atom stereocenters. The second kappa shape index (κ2) is 6.78. The van der Waals surface area contributed by atoms with Crippen LogP contribution in [0.1, 0.15) is 38.6 Å². The number of pyridine rings is 1. The lowest BCUT2D eigenvalue weighted by molar-refractivity contribution is 0.0270. The number of carbonyl (C=O) groups excluding carboxylic acids is 1. The molecule has 0 aliphatic carbocycles. The number of nitrogens with zero attached hydrogens (tertiary/aromatic N) is 4. The normalized spacial score (nSPS) is 14.9. The van der Waals surface area contributed by atoms with Crippen LogP contribution < -0.4 is 5.56 Å². The standard InChI is InChI=1S/C18H23N5O3/c1-12-15(20-21-23(12)14-6-5-9-19-16(14)24)13-7-10-22(11-8-13)17(25)26-18(2,3)4/h5-7,9H,8,10-11H2,1-4H3,(H,19,24). The number of H-pyrrole nitrogens is 1. The molecule has 0 bridgehead atoms. The highest BCUT2D eigenvalue weighted by atomic mass is 16.6. The van der Waals surface area contributed by atoms with Gasteiger partial charge in [-0.3, -0.25) is 4.79 Å². The second-order valence-corrected chi connectivity index (χ2v) is 7.23. The van der Waals surface area contributed by atoms with Gasteiger partial charge in [-0.25, -0.2) is 9.48 Å². The Labute approximate surface area is 151 Å². The third-order valence-electron chi connectivity index (χ3n) is 4.09. The maximum Gasteiger partial charge on any atom is 0.410 e. The average molecular weight is 357 g/mol. The number of aromatic amines is 1. The van der Waals surface area contributed by atoms with Gasteiger partial charge in [0.25, 0.3) is 5.56 Å². The largest absolute Gasteiger partial charge is 0.444 e. The first-order chi connectivity index (χ1) is 12.3. The van der Waals surface area contributed by atoms with E-state index < -0.39 is 5.60 Å². The van der Waals surface area contributed by atoms with E-state index in [1.54, 1.807) is 23.2 Å². The Morgan fingerprint density at radius 2 is 2.12 bits per heavy atom. The van der Waals surface area contributed by atoms with Gasteiger partial charge in [-0.2, -0.15) is 0 Å². The molecule has 0 fully saturated rings. The van der Waals surface area contributed by atoms with Crippen LogP contribution in [0.25, 0.3) is 11.3 Å². The molecule has 0 spiro atoms. The number of nitrogens with one attached hydrogen (secondary N) is 1. The molecule has 3 rings (SSSR count). The Morgan fingerprint density at radius 3 is 2.73 bits per heavy atom. The second-order valence-electron chi connectivity index (χ2n) is 7.23. The van der Waals surface area contributed by atoms with Gasteiger partial charge in [0.05, 0.1) is 5.69 Å². The number of hydrogen-bond acceptors (Lipinski definition) is 5. The van der Waals surface area contributed by atoms with Crippen LogP contribution in [-0.4, -0.2) is 49.7 Å². The van der Waals surface area contributed by atoms with Crippen LogP contribution in [0.15, 0.2) is 29.2 Å². The molecule has 2 aromatic heterocycles. The third-order valence-corrected chi connectivity index (χ3v) is 4.09. The van der Waals surface area contributed by atoms with Gasteiger partial charge in [-0.05, 0) is 51.8 Å². The lowest BCUT2D eigenvalue weighted by atomic mass is 10.0. The molecule has 26 heavy (non-hydrogen) atoms. The van der Waals surface area contributed by atoms with E-state index in [9.17, 15) is 9.59 Å². The Kier molecular flexibility index (Phi) is 4.67. The molecule has 8 heteroatoms. The first-order valence-electron chi connectivity index (χ1n) is 8.54. The molecule has 1 amide bonds. The van der Waals surface area contributed by atoms with Crippen molar-refractivity contribution in [2.24, 2.45) is 0 Å². The molecule has 0 atom stereocenters. The molecular formula is C18H23N5O3. The van der Waals surface area contributed by atoms with Gasteiger partial charge in [-0.15, -0.1) is 5.10 Å². The zero-order chi connectivity index (χ0) is 18.9. The van der Waals surface area contributed by atoms with Crippen molar-refractivity contribution >= 4 is 11.7 Å². The van der Waals surface area contributed by atoms with E-state index >= 15 is 0 Å². The fourth-order valence-electron chi connectivity index (χ4n) is 2.81. The van der Waals surface area contributed by atoms with Crippen molar-refractivity contribution in [2.75, 3.05) is 13.1 Å². The van der Waals surface area contributed by atoms with E-state index in [1.807, 2.05) is 33.8 Å². The van der Waals surface area contributed by atoms with Gasteiger partial charge in [0, 0.05) is 19.3 Å². The molecule has 0 saturated carbocycles. The predicted molar refractivity (Wildman–Crippen MR) is 97.1 cm³/mol. The van der Waals surface area contributed by atoms with E-state index in [0.717, 1.165) is 17.0 Å². The van der Waals surface area contributed by atoms with Gasteiger partial charge in [0.15, 0.2) is 0 Å². The summed E-state index contributed by atoms with van der Waals surface area (Å²) >= 11 is 0. The van der Waals surface area contributed by atoms with Crippen LogP contribution in [0, 0.1) is 6.92 Å². The minimum absolute atomic E-state index is 0.222. The summed E-state index contributed by atoms with van der Waals surface area (Å²) < 4.78 is 6.94. The van der Waals surface area contributed by atoms with Gasteiger partial charge in [0.2, 0.25) is 0 Å². The van der Waals surface area contributed by atoms with Crippen LogP contribution in [0.4, 0.5) is 4.79 Å². The summed E-state index contributed by atoms with van der Waals surface area (Å²) in [5, 5.41) is 8.37. The van der Waals surface area contributed by atoms with Crippen LogP contribution in [0.2, 0.25) is 0 Å². The van der Waals surface area contributed by atoms with Crippen LogP contribution in [-0.2, 0) is 4.74 Å². The molecule has 1 aliphatic rings. The highest BCUT2D eigenvalue weighted by molar-refractivity contribution is 5.72. The van der Waals surface area contributed by atoms with Crippen molar-refractivity contribution in [3.63, 3.8) is 0 Å². The highest BCUT2D eigenvalue weighted by Crippen LogP contribution is 2.24. The summed E-state index contributed by atoms with van der Waals surface area (Å²) in [4.78, 5) is 28.4. The maximum absolute atomic E-state index is 12.2. The fraction of sp³-hybridized carbons (Fsp3) is 0.444. The molecule has 1 N–H and O–H groups in total. The molecule has 0 radical (unpaired) electrons. The molecular weight excluding hydrogens is 334 g/mol. The number of ether oxygens (including phenoxy) is 1. The van der Waals surface area contributed by atoms with Crippen molar-refractivity contribution in [2.45, 2.75) is 39.7 Å². The molecule has 1 aliphatic heterocycles. The smallest absolute Gasteiger partial charge is 0.410 e. The third kappa shape index (κ3) is 3.68. The number of carbonyl (C=O) groups is 1. The molecule has 0 aromatic carbocycles. The Bertz CT molecular complexity index is 904. The number of aromatic nitrogens is 4. The first-order valence-corrected chi connectivity index (χ1v) is 8.54. The summed E-state index contributed by atoms with van der Waals surface area (Å²) in [7, 11) is 0. The Morgan fingerprint density at radius 1 is 1.35 bits per heavy atom. The Hall–Kier alpha value is -2.90. The van der Waals surface area contributed by atoms with E-state index in [0.29, 0.717) is 25.2 Å². The number of hydrogen-bond donors (Lipinski definition) is 1. The Balaban J connectivity index is 1.79. The van der Waals surface area contributed by atoms with Crippen molar-refractivity contribution < 1.29 is 9.53 Å². The van der Waals surface area contributed by atoms with E-state index in [1.165, 1.54) is 4.68 Å². The lowest BCUT2D eigenvalue weighted by Gasteiger charge is -2.29. The topological polar surface area (TPSA) is 93.1 Å². The van der Waals surface area contributed by atoms with Crippen molar-refractivity contribution in [3.8, 4) is 5.69 Å². The molecule has 3 heterocycles. The summed E-state index contributed by atoms with van der Waals surface area (Å²) in [5.74, 6) is 0. The van der Waals surface area contributed by atoms with E-state index in [2.05, 4.69) is 15.3 Å². The zero-order valence-electron chi connectivity index (χ0n) is 15.4. The average Bonchev–Trinajstić information content (AvgIpc) is 2.95. The SMILES string of the molecule is Cc1c(C2=CCN(C(=O)OC(C)(C)C)CC2)nnn1-c1ccc[nH]c1=O. The first kappa shape index (κ1) is 17.9. The van der Waals surface area contributed by atoms with Crippen molar-refractivity contribution in [1.29, 1.82) is 0 Å². The van der Waals surface area contributed by atoms with E-state index in [4.69, 9.17) is 4.74 Å². The van der Waals surface area contributed by atoms with Crippen LogP contribution >= 0.6 is 0 Å². The van der Waals surface area contributed by atoms with Crippen LogP contribution in [0.3, 0.4) is 0 Å². The van der Waals surface area contributed by atoms with Gasteiger partial charge >= 0.3 is 6.09 Å². The van der Waals surface area contributed by atoms with Crippen molar-refractivity contribution in [1.82, 2.24) is 24.9 Å². The molecule has 0 saturated heterocycles. The number of rotatable bonds is 2. The minimum Gasteiger partial charge on any atom is -0.444 e. The van der Waals surface area contributed by atoms with Crippen LogP contribution in [0.5, 0.6) is 0 Å². The highest BCUT2D eigenvalue weighted by Gasteiger charge is 2.25. The summed E-state index contributed by atoms with van der Waals surface area (Å²) in [5.41, 5.74) is 2.25. The number of amides is 1. The monoisotopic (exact) mass is 357 g/mol. The summed E-state index contributed by atoms with van der Waals surface area (Å²) in [6, 6.07) is 3.44. The molecule has 2 aromatic rings.